The van der Waals surface area contributed by atoms with Gasteiger partial charge in [-0.1, -0.05) is 65.2 Å². The van der Waals surface area contributed by atoms with Crippen molar-refractivity contribution < 1.29 is 36.9 Å². The van der Waals surface area contributed by atoms with E-state index in [0.29, 0.717) is 13.1 Å². The van der Waals surface area contributed by atoms with Gasteiger partial charge in [-0.3, -0.25) is 0 Å². The zero-order valence-corrected chi connectivity index (χ0v) is 16.9. The van der Waals surface area contributed by atoms with Crippen molar-refractivity contribution in [2.75, 3.05) is 13.1 Å². The topological polar surface area (TPSA) is 132 Å². The summed E-state index contributed by atoms with van der Waals surface area (Å²) in [4.78, 5) is 19.8. The second-order valence-corrected chi connectivity index (χ2v) is 5.65. The predicted molar refractivity (Wildman–Crippen MR) is 94.9 cm³/mol. The van der Waals surface area contributed by atoms with Crippen LogP contribution in [0.4, 0.5) is 0 Å². The molecule has 0 aliphatic heterocycles. The van der Waals surface area contributed by atoms with Crippen LogP contribution >= 0.6 is 0 Å². The monoisotopic (exact) mass is 409 g/mol. The van der Waals surface area contributed by atoms with E-state index in [4.69, 9.17) is 11.5 Å². The van der Waals surface area contributed by atoms with Gasteiger partial charge in [0, 0.05) is 25.0 Å². The maximum absolute atomic E-state index is 9.92. The van der Waals surface area contributed by atoms with E-state index >= 15 is 0 Å². The van der Waals surface area contributed by atoms with Gasteiger partial charge in [0.1, 0.15) is 0 Å². The zero-order chi connectivity index (χ0) is 19.1. The summed E-state index contributed by atoms with van der Waals surface area (Å²) in [7, 11) is 0. The van der Waals surface area contributed by atoms with E-state index in [1.165, 1.54) is 25.7 Å². The molecule has 0 aromatic carbocycles. The summed E-state index contributed by atoms with van der Waals surface area (Å²) in [5.74, 6) is -1.84. The Morgan fingerprint density at radius 2 is 0.920 bits per heavy atom. The minimum atomic E-state index is -0.920. The molecule has 25 heavy (non-hydrogen) atoms. The fourth-order valence-electron chi connectivity index (χ4n) is 1.75. The van der Waals surface area contributed by atoms with Gasteiger partial charge >= 0.3 is 17.1 Å². The smallest absolute Gasteiger partial charge is 0.550 e. The van der Waals surface area contributed by atoms with E-state index in [-0.39, 0.29) is 29.9 Å². The van der Waals surface area contributed by atoms with Crippen molar-refractivity contribution in [3.05, 3.63) is 0 Å². The van der Waals surface area contributed by atoms with Crippen molar-refractivity contribution in [3.8, 4) is 0 Å². The standard InChI is InChI=1S/2C8H16O2.C2H8N2.Cu/c2*1-2-3-4-5-6-7-8(9)10;3-1-2-4;/h2*2-7H2,1H3,(H,9,10);1-4H2;/q;;;+2/p-2. The molecule has 0 aliphatic carbocycles. The third-order valence-electron chi connectivity index (χ3n) is 3.14. The van der Waals surface area contributed by atoms with Gasteiger partial charge in [-0.15, -0.1) is 0 Å². The Hall–Kier alpha value is -0.621. The number of unbranched alkanes of at least 4 members (excludes halogenated alkanes) is 8. The Labute approximate surface area is 164 Å². The van der Waals surface area contributed by atoms with Gasteiger partial charge in [0.15, 0.2) is 0 Å². The average molecular weight is 410 g/mol. The Bertz CT molecular complexity index is 241. The van der Waals surface area contributed by atoms with Crippen LogP contribution < -0.4 is 21.7 Å². The van der Waals surface area contributed by atoms with E-state index < -0.39 is 11.9 Å². The minimum Gasteiger partial charge on any atom is -0.550 e. The summed E-state index contributed by atoms with van der Waals surface area (Å²) in [5.41, 5.74) is 9.81. The second kappa shape index (κ2) is 31.2. The molecule has 0 amide bonds. The van der Waals surface area contributed by atoms with Crippen LogP contribution in [0, 0.1) is 0 Å². The number of hydrogen-bond acceptors (Lipinski definition) is 6. The molecule has 0 atom stereocenters. The van der Waals surface area contributed by atoms with Crippen LogP contribution in [-0.4, -0.2) is 25.0 Å². The predicted octanol–water partition coefficient (Wildman–Crippen LogP) is 1.09. The third-order valence-corrected chi connectivity index (χ3v) is 3.14. The largest absolute Gasteiger partial charge is 2.00 e. The molecule has 0 heterocycles. The molecule has 155 valence electrons. The van der Waals surface area contributed by atoms with Crippen LogP contribution in [-0.2, 0) is 26.7 Å². The number of hydrogen-bond donors (Lipinski definition) is 2. The quantitative estimate of drug-likeness (QED) is 0.345. The normalized spacial score (nSPS) is 8.96. The molecule has 0 saturated heterocycles. The van der Waals surface area contributed by atoms with Crippen LogP contribution in [0.25, 0.3) is 0 Å². The molecule has 7 heteroatoms. The molecule has 0 spiro atoms. The van der Waals surface area contributed by atoms with E-state index in [2.05, 4.69) is 13.8 Å². The van der Waals surface area contributed by atoms with Crippen LogP contribution in [0.2, 0.25) is 0 Å². The molecule has 0 saturated carbocycles. The number of aliphatic carboxylic acids is 2. The van der Waals surface area contributed by atoms with Gasteiger partial charge in [0.2, 0.25) is 0 Å². The number of carboxylic acids is 2. The summed E-state index contributed by atoms with van der Waals surface area (Å²) in [6, 6.07) is 0. The average Bonchev–Trinajstić information content (AvgIpc) is 2.55. The second-order valence-electron chi connectivity index (χ2n) is 5.65. The molecule has 0 aromatic rings. The number of rotatable bonds is 13. The number of carboxylic acid groups (broad SMARTS) is 2. The number of carbonyl (C=O) groups is 2. The summed E-state index contributed by atoms with van der Waals surface area (Å²) >= 11 is 0. The first kappa shape index (κ1) is 32.1. The Morgan fingerprint density at radius 1 is 0.640 bits per heavy atom. The molecule has 0 fully saturated rings. The first-order valence-electron chi connectivity index (χ1n) is 9.25. The summed E-state index contributed by atoms with van der Waals surface area (Å²) in [5, 5.41) is 19.8. The third kappa shape index (κ3) is 51.7. The van der Waals surface area contributed by atoms with Crippen molar-refractivity contribution >= 4 is 11.9 Å². The SMILES string of the molecule is CCCCCCCC(=O)[O-].CCCCCCCC(=O)[O-].NCCN.[Cu+2]. The molecular formula is C18H38CuN2O4. The van der Waals surface area contributed by atoms with Crippen molar-refractivity contribution in [2.24, 2.45) is 11.5 Å². The van der Waals surface area contributed by atoms with Gasteiger partial charge in [0.05, 0.1) is 0 Å². The van der Waals surface area contributed by atoms with Crippen molar-refractivity contribution in [3.63, 3.8) is 0 Å². The van der Waals surface area contributed by atoms with Crippen molar-refractivity contribution in [1.82, 2.24) is 0 Å². The molecule has 0 bridgehead atoms. The van der Waals surface area contributed by atoms with Gasteiger partial charge < -0.3 is 31.3 Å². The first-order chi connectivity index (χ1) is 11.5. The van der Waals surface area contributed by atoms with Gasteiger partial charge in [0.25, 0.3) is 0 Å². The minimum absolute atomic E-state index is 0. The summed E-state index contributed by atoms with van der Waals surface area (Å²) < 4.78 is 0. The van der Waals surface area contributed by atoms with Crippen LogP contribution in [0.15, 0.2) is 0 Å². The first-order valence-corrected chi connectivity index (χ1v) is 9.25. The number of carbonyl (C=O) groups excluding carboxylic acids is 2. The van der Waals surface area contributed by atoms with E-state index in [0.717, 1.165) is 38.5 Å². The zero-order valence-electron chi connectivity index (χ0n) is 16.0. The fraction of sp³-hybridized carbons (Fsp3) is 0.889. The molecular weight excluding hydrogens is 372 g/mol. The Balaban J connectivity index is -0.000000141. The molecule has 0 aromatic heterocycles. The van der Waals surface area contributed by atoms with Gasteiger partial charge in [-0.2, -0.15) is 0 Å². The Kier molecular flexibility index (Phi) is 40.0. The van der Waals surface area contributed by atoms with Crippen LogP contribution in [0.5, 0.6) is 0 Å². The van der Waals surface area contributed by atoms with E-state index in [9.17, 15) is 19.8 Å². The fourth-order valence-corrected chi connectivity index (χ4v) is 1.75. The summed E-state index contributed by atoms with van der Waals surface area (Å²) in [6.45, 7) is 5.47. The molecule has 6 nitrogen and oxygen atoms in total. The molecule has 0 rings (SSSR count). The van der Waals surface area contributed by atoms with Crippen LogP contribution in [0.1, 0.15) is 90.9 Å². The van der Waals surface area contributed by atoms with Crippen LogP contribution in [0.3, 0.4) is 0 Å². The number of nitrogens with two attached hydrogens (primary N) is 2. The van der Waals surface area contributed by atoms with E-state index in [1.807, 2.05) is 0 Å². The Morgan fingerprint density at radius 3 is 1.12 bits per heavy atom. The maximum Gasteiger partial charge on any atom is 2.00 e. The maximum atomic E-state index is 9.92. The van der Waals surface area contributed by atoms with E-state index in [1.54, 1.807) is 0 Å². The van der Waals surface area contributed by atoms with Gasteiger partial charge in [-0.05, 0) is 25.7 Å². The molecule has 0 unspecified atom stereocenters. The van der Waals surface area contributed by atoms with Gasteiger partial charge in [-0.25, -0.2) is 0 Å². The van der Waals surface area contributed by atoms with Crippen molar-refractivity contribution in [1.29, 1.82) is 0 Å². The molecule has 1 radical (unpaired) electrons. The molecule has 0 aliphatic rings. The van der Waals surface area contributed by atoms with Crippen molar-refractivity contribution in [2.45, 2.75) is 90.9 Å². The molecule has 4 N–H and O–H groups in total. The summed E-state index contributed by atoms with van der Waals surface area (Å²) in [6.07, 6.45) is 11.2.